The van der Waals surface area contributed by atoms with Gasteiger partial charge in [-0.25, -0.2) is 0 Å². The van der Waals surface area contributed by atoms with Gasteiger partial charge in [-0.15, -0.1) is 0 Å². The van der Waals surface area contributed by atoms with E-state index in [0.29, 0.717) is 26.1 Å². The zero-order chi connectivity index (χ0) is 38.4. The second-order valence-corrected chi connectivity index (χ2v) is 16.0. The summed E-state index contributed by atoms with van der Waals surface area (Å²) in [5.74, 6) is -0.0101. The van der Waals surface area contributed by atoms with E-state index in [-0.39, 0.29) is 11.9 Å². The van der Waals surface area contributed by atoms with Crippen LogP contribution in [0.2, 0.25) is 0 Å². The van der Waals surface area contributed by atoms with Crippen molar-refractivity contribution in [2.24, 2.45) is 0 Å². The van der Waals surface area contributed by atoms with E-state index in [9.17, 15) is 9.59 Å². The smallest absolute Gasteiger partial charge is 0.305 e. The first kappa shape index (κ1) is 51.4. The molecular weight excluding hydrogens is 653 g/mol. The van der Waals surface area contributed by atoms with Gasteiger partial charge in [0.05, 0.1) is 13.2 Å². The lowest BCUT2D eigenvalue weighted by Crippen LogP contribution is -2.05. The molecule has 0 fully saturated rings. The summed E-state index contributed by atoms with van der Waals surface area (Å²) in [7, 11) is 0. The molecular formula is C49H92O4. The second-order valence-electron chi connectivity index (χ2n) is 16.0. The van der Waals surface area contributed by atoms with E-state index in [1.165, 1.54) is 186 Å². The average molecular weight is 745 g/mol. The molecule has 0 aliphatic heterocycles. The Morgan fingerprint density at radius 2 is 0.528 bits per heavy atom. The monoisotopic (exact) mass is 745 g/mol. The molecule has 0 bridgehead atoms. The van der Waals surface area contributed by atoms with Crippen LogP contribution < -0.4 is 0 Å². The third kappa shape index (κ3) is 46.5. The van der Waals surface area contributed by atoms with Crippen molar-refractivity contribution in [1.82, 2.24) is 0 Å². The molecule has 0 atom stereocenters. The molecule has 0 saturated carbocycles. The molecule has 0 aliphatic carbocycles. The highest BCUT2D eigenvalue weighted by Crippen LogP contribution is 2.14. The molecule has 53 heavy (non-hydrogen) atoms. The molecule has 0 rings (SSSR count). The Hall–Kier alpha value is -1.58. The number of carbonyl (C=O) groups is 2. The number of hydrogen-bond donors (Lipinski definition) is 0. The SMILES string of the molecule is CCCCCCCC/C=C\CCCCCCCC(=O)OCCCCCCCCCCCCCOC(=O)CCCCCCC/C=C\CCCCCCCC. The predicted octanol–water partition coefficient (Wildman–Crippen LogP) is 16.4. The number of hydrogen-bond acceptors (Lipinski definition) is 4. The summed E-state index contributed by atoms with van der Waals surface area (Å²) in [5.41, 5.74) is 0. The summed E-state index contributed by atoms with van der Waals surface area (Å²) in [6.45, 7) is 5.74. The third-order valence-corrected chi connectivity index (χ3v) is 10.6. The molecule has 0 spiro atoms. The van der Waals surface area contributed by atoms with Crippen LogP contribution >= 0.6 is 0 Å². The first-order valence-corrected chi connectivity index (χ1v) is 23.8. The topological polar surface area (TPSA) is 52.6 Å². The number of rotatable bonds is 44. The van der Waals surface area contributed by atoms with Crippen LogP contribution in [0.15, 0.2) is 24.3 Å². The van der Waals surface area contributed by atoms with E-state index in [2.05, 4.69) is 38.2 Å². The zero-order valence-corrected chi connectivity index (χ0v) is 35.9. The first-order valence-electron chi connectivity index (χ1n) is 23.8. The first-order chi connectivity index (χ1) is 26.2. The highest BCUT2D eigenvalue weighted by Gasteiger charge is 2.04. The Kier molecular flexibility index (Phi) is 45.2. The molecule has 0 aromatic heterocycles. The number of unbranched alkanes of at least 4 members (excludes halogenated alkanes) is 32. The predicted molar refractivity (Wildman–Crippen MR) is 232 cm³/mol. The minimum absolute atomic E-state index is 0.00506. The van der Waals surface area contributed by atoms with Crippen LogP contribution in [0.1, 0.15) is 264 Å². The van der Waals surface area contributed by atoms with Crippen molar-refractivity contribution in [3.8, 4) is 0 Å². The van der Waals surface area contributed by atoms with E-state index in [4.69, 9.17) is 9.47 Å². The summed E-state index contributed by atoms with van der Waals surface area (Å²) < 4.78 is 10.9. The Morgan fingerprint density at radius 1 is 0.302 bits per heavy atom. The van der Waals surface area contributed by atoms with Crippen molar-refractivity contribution in [3.05, 3.63) is 24.3 Å². The van der Waals surface area contributed by atoms with Gasteiger partial charge in [-0.3, -0.25) is 9.59 Å². The Balaban J connectivity index is 3.26. The maximum atomic E-state index is 12.0. The molecule has 0 radical (unpaired) electrons. The lowest BCUT2D eigenvalue weighted by Gasteiger charge is -2.06. The van der Waals surface area contributed by atoms with E-state index < -0.39 is 0 Å². The highest BCUT2D eigenvalue weighted by molar-refractivity contribution is 5.69. The van der Waals surface area contributed by atoms with Crippen molar-refractivity contribution in [3.63, 3.8) is 0 Å². The number of ether oxygens (including phenoxy) is 2. The molecule has 0 aromatic rings. The maximum Gasteiger partial charge on any atom is 0.305 e. The van der Waals surface area contributed by atoms with Gasteiger partial charge in [0.2, 0.25) is 0 Å². The van der Waals surface area contributed by atoms with E-state index >= 15 is 0 Å². The highest BCUT2D eigenvalue weighted by atomic mass is 16.5. The van der Waals surface area contributed by atoms with Gasteiger partial charge < -0.3 is 9.47 Å². The maximum absolute atomic E-state index is 12.0. The largest absolute Gasteiger partial charge is 0.466 e. The zero-order valence-electron chi connectivity index (χ0n) is 35.9. The van der Waals surface area contributed by atoms with Gasteiger partial charge in [-0.2, -0.15) is 0 Å². The minimum Gasteiger partial charge on any atom is -0.466 e. The number of carbonyl (C=O) groups excluding carboxylic acids is 2. The van der Waals surface area contributed by atoms with E-state index in [1.54, 1.807) is 0 Å². The van der Waals surface area contributed by atoms with Gasteiger partial charge in [0.1, 0.15) is 0 Å². The average Bonchev–Trinajstić information content (AvgIpc) is 3.16. The standard InChI is InChI=1S/C49H92O4/c1-3-5-7-9-11-13-15-17-19-21-24-28-32-36-40-44-48(50)52-46-42-38-34-30-26-23-27-31-35-39-43-47-53-49(51)45-41-37-33-29-25-22-20-18-16-14-12-10-8-6-4-2/h17-20H,3-16,21-47H2,1-2H3/b19-17-,20-18-. The van der Waals surface area contributed by atoms with Gasteiger partial charge in [-0.05, 0) is 77.0 Å². The van der Waals surface area contributed by atoms with Crippen molar-refractivity contribution >= 4 is 11.9 Å². The molecule has 4 heteroatoms. The molecule has 0 amide bonds. The molecule has 0 saturated heterocycles. The summed E-state index contributed by atoms with van der Waals surface area (Å²) in [4.78, 5) is 24.0. The van der Waals surface area contributed by atoms with Crippen molar-refractivity contribution in [2.75, 3.05) is 13.2 Å². The molecule has 0 aliphatic rings. The minimum atomic E-state index is -0.00506. The van der Waals surface area contributed by atoms with Crippen LogP contribution in [0.5, 0.6) is 0 Å². The molecule has 0 heterocycles. The molecule has 4 nitrogen and oxygen atoms in total. The van der Waals surface area contributed by atoms with Gasteiger partial charge in [0, 0.05) is 12.8 Å². The second kappa shape index (κ2) is 46.6. The summed E-state index contributed by atoms with van der Waals surface area (Å²) in [6, 6.07) is 0. The van der Waals surface area contributed by atoms with Crippen molar-refractivity contribution in [2.45, 2.75) is 264 Å². The normalized spacial score (nSPS) is 11.7. The van der Waals surface area contributed by atoms with E-state index in [1.807, 2.05) is 0 Å². The van der Waals surface area contributed by atoms with Crippen LogP contribution in [0.4, 0.5) is 0 Å². The Labute approximate surface area is 331 Å². The summed E-state index contributed by atoms with van der Waals surface area (Å²) >= 11 is 0. The van der Waals surface area contributed by atoms with Gasteiger partial charge >= 0.3 is 11.9 Å². The van der Waals surface area contributed by atoms with Crippen LogP contribution in [0, 0.1) is 0 Å². The fraction of sp³-hybridized carbons (Fsp3) is 0.878. The quantitative estimate of drug-likeness (QED) is 0.0354. The lowest BCUT2D eigenvalue weighted by molar-refractivity contribution is -0.144. The van der Waals surface area contributed by atoms with Crippen LogP contribution in [0.25, 0.3) is 0 Å². The summed E-state index contributed by atoms with van der Waals surface area (Å²) in [5, 5.41) is 0. The van der Waals surface area contributed by atoms with Crippen LogP contribution in [-0.4, -0.2) is 25.2 Å². The third-order valence-electron chi connectivity index (χ3n) is 10.6. The number of esters is 2. The van der Waals surface area contributed by atoms with E-state index in [0.717, 1.165) is 51.4 Å². The van der Waals surface area contributed by atoms with Crippen molar-refractivity contribution < 1.29 is 19.1 Å². The summed E-state index contributed by atoms with van der Waals surface area (Å²) in [6.07, 6.45) is 57.2. The molecule has 0 aromatic carbocycles. The molecule has 312 valence electrons. The van der Waals surface area contributed by atoms with Gasteiger partial charge in [0.25, 0.3) is 0 Å². The molecule has 0 unspecified atom stereocenters. The van der Waals surface area contributed by atoms with Gasteiger partial charge in [-0.1, -0.05) is 199 Å². The van der Waals surface area contributed by atoms with Crippen molar-refractivity contribution in [1.29, 1.82) is 0 Å². The lowest BCUT2D eigenvalue weighted by atomic mass is 10.1. The van der Waals surface area contributed by atoms with Crippen LogP contribution in [0.3, 0.4) is 0 Å². The van der Waals surface area contributed by atoms with Gasteiger partial charge in [0.15, 0.2) is 0 Å². The Bertz CT molecular complexity index is 723. The fourth-order valence-electron chi connectivity index (χ4n) is 6.99. The number of allylic oxidation sites excluding steroid dienone is 4. The molecule has 0 N–H and O–H groups in total. The van der Waals surface area contributed by atoms with Crippen LogP contribution in [-0.2, 0) is 19.1 Å². The fourth-order valence-corrected chi connectivity index (χ4v) is 6.99. The Morgan fingerprint density at radius 3 is 0.811 bits per heavy atom.